The van der Waals surface area contributed by atoms with E-state index >= 15 is 0 Å². The number of carbonyl (C=O) groups is 2. The van der Waals surface area contributed by atoms with Crippen LogP contribution in [0.2, 0.25) is 0 Å². The highest BCUT2D eigenvalue weighted by Gasteiger charge is 2.35. The van der Waals surface area contributed by atoms with Crippen LogP contribution in [0.15, 0.2) is 42.5 Å². The minimum Gasteiger partial charge on any atom is -0.497 e. The number of anilines is 1. The molecule has 1 aliphatic rings. The largest absolute Gasteiger partial charge is 0.497 e. The zero-order valence-electron chi connectivity index (χ0n) is 14.2. The van der Waals surface area contributed by atoms with E-state index in [1.165, 1.54) is 0 Å². The molecular formula is C19H18F2N2O3. The number of carbonyl (C=O) groups excluding carboxylic acids is 2. The third kappa shape index (κ3) is 3.99. The van der Waals surface area contributed by atoms with Crippen molar-refractivity contribution in [2.24, 2.45) is 5.92 Å². The number of nitrogens with zero attached hydrogens (tertiary/aromatic N) is 1. The first kappa shape index (κ1) is 17.8. The second-order valence-electron chi connectivity index (χ2n) is 6.10. The van der Waals surface area contributed by atoms with Crippen LogP contribution in [0.1, 0.15) is 12.0 Å². The standard InChI is InChI=1S/C19H18F2N2O3/c1-26-17-4-2-16(3-5-17)23-11-13(8-18(23)24)19(25)22-10-12-6-14(20)9-15(21)7-12/h2-7,9,13H,8,10-11H2,1H3,(H,22,25)/t13-/m0/s1. The van der Waals surface area contributed by atoms with Gasteiger partial charge in [0, 0.05) is 31.3 Å². The van der Waals surface area contributed by atoms with Gasteiger partial charge in [0.15, 0.2) is 0 Å². The maximum Gasteiger partial charge on any atom is 0.227 e. The van der Waals surface area contributed by atoms with Gasteiger partial charge in [0.05, 0.1) is 13.0 Å². The summed E-state index contributed by atoms with van der Waals surface area (Å²) in [4.78, 5) is 26.1. The molecule has 2 aromatic rings. The Balaban J connectivity index is 1.61. The molecule has 2 aromatic carbocycles. The highest BCUT2D eigenvalue weighted by molar-refractivity contribution is 6.00. The third-order valence-corrected chi connectivity index (χ3v) is 4.27. The number of benzene rings is 2. The molecule has 5 nitrogen and oxygen atoms in total. The van der Waals surface area contributed by atoms with Gasteiger partial charge >= 0.3 is 0 Å². The number of ether oxygens (including phenoxy) is 1. The van der Waals surface area contributed by atoms with E-state index in [9.17, 15) is 18.4 Å². The molecule has 1 saturated heterocycles. The summed E-state index contributed by atoms with van der Waals surface area (Å²) in [5.41, 5.74) is 1.02. The molecule has 0 unspecified atom stereocenters. The summed E-state index contributed by atoms with van der Waals surface area (Å²) in [6.45, 7) is 0.259. The smallest absolute Gasteiger partial charge is 0.227 e. The van der Waals surface area contributed by atoms with Crippen LogP contribution in [0, 0.1) is 17.6 Å². The van der Waals surface area contributed by atoms with Gasteiger partial charge in [-0.1, -0.05) is 0 Å². The fourth-order valence-electron chi connectivity index (χ4n) is 2.94. The molecule has 0 saturated carbocycles. The van der Waals surface area contributed by atoms with Crippen molar-refractivity contribution in [2.45, 2.75) is 13.0 Å². The lowest BCUT2D eigenvalue weighted by molar-refractivity contribution is -0.126. The molecule has 7 heteroatoms. The van der Waals surface area contributed by atoms with Crippen LogP contribution in [0.4, 0.5) is 14.5 Å². The van der Waals surface area contributed by atoms with Gasteiger partial charge in [0.2, 0.25) is 11.8 Å². The Morgan fingerprint density at radius 2 is 1.85 bits per heavy atom. The van der Waals surface area contributed by atoms with E-state index < -0.39 is 17.6 Å². The van der Waals surface area contributed by atoms with E-state index in [2.05, 4.69) is 5.32 Å². The topological polar surface area (TPSA) is 58.6 Å². The quantitative estimate of drug-likeness (QED) is 0.892. The molecular weight excluding hydrogens is 342 g/mol. The monoisotopic (exact) mass is 360 g/mol. The van der Waals surface area contributed by atoms with Crippen molar-refractivity contribution in [2.75, 3.05) is 18.6 Å². The summed E-state index contributed by atoms with van der Waals surface area (Å²) in [5.74, 6) is -1.70. The van der Waals surface area contributed by atoms with Gasteiger partial charge in [-0.05, 0) is 42.0 Å². The van der Waals surface area contributed by atoms with Gasteiger partial charge in [-0.3, -0.25) is 9.59 Å². The predicted molar refractivity (Wildman–Crippen MR) is 91.7 cm³/mol. The summed E-state index contributed by atoms with van der Waals surface area (Å²) >= 11 is 0. The molecule has 0 aromatic heterocycles. The Morgan fingerprint density at radius 1 is 1.19 bits per heavy atom. The van der Waals surface area contributed by atoms with Crippen LogP contribution in [-0.4, -0.2) is 25.5 Å². The summed E-state index contributed by atoms with van der Waals surface area (Å²) in [6, 6.07) is 10.1. The van der Waals surface area contributed by atoms with Crippen molar-refractivity contribution in [3.05, 3.63) is 59.7 Å². The number of halogens is 2. The lowest BCUT2D eigenvalue weighted by Gasteiger charge is -2.17. The van der Waals surface area contributed by atoms with E-state index in [-0.39, 0.29) is 31.3 Å². The highest BCUT2D eigenvalue weighted by Crippen LogP contribution is 2.27. The Bertz CT molecular complexity index is 804. The van der Waals surface area contributed by atoms with E-state index in [0.717, 1.165) is 18.2 Å². The van der Waals surface area contributed by atoms with Crippen molar-refractivity contribution >= 4 is 17.5 Å². The minimum absolute atomic E-state index is 0.000734. The lowest BCUT2D eigenvalue weighted by atomic mass is 10.1. The first-order valence-electron chi connectivity index (χ1n) is 8.13. The SMILES string of the molecule is COc1ccc(N2C[C@@H](C(=O)NCc3cc(F)cc(F)c3)CC2=O)cc1. The number of hydrogen-bond acceptors (Lipinski definition) is 3. The van der Waals surface area contributed by atoms with Gasteiger partial charge in [-0.15, -0.1) is 0 Å². The summed E-state index contributed by atoms with van der Waals surface area (Å²) in [6.07, 6.45) is 0.0926. The molecule has 0 aliphatic carbocycles. The van der Waals surface area contributed by atoms with Crippen molar-refractivity contribution in [1.29, 1.82) is 0 Å². The van der Waals surface area contributed by atoms with Gasteiger partial charge in [-0.25, -0.2) is 8.78 Å². The van der Waals surface area contributed by atoms with Crippen molar-refractivity contribution in [3.8, 4) is 5.75 Å². The molecule has 1 aliphatic heterocycles. The zero-order valence-corrected chi connectivity index (χ0v) is 14.2. The van der Waals surface area contributed by atoms with Crippen LogP contribution < -0.4 is 15.0 Å². The van der Waals surface area contributed by atoms with Crippen LogP contribution in [-0.2, 0) is 16.1 Å². The first-order chi connectivity index (χ1) is 12.5. The summed E-state index contributed by atoms with van der Waals surface area (Å²) < 4.78 is 31.5. The molecule has 0 bridgehead atoms. The Labute approximate surface area is 149 Å². The number of hydrogen-bond donors (Lipinski definition) is 1. The second-order valence-corrected chi connectivity index (χ2v) is 6.10. The molecule has 1 heterocycles. The van der Waals surface area contributed by atoms with Crippen LogP contribution in [0.3, 0.4) is 0 Å². The third-order valence-electron chi connectivity index (χ3n) is 4.27. The van der Waals surface area contributed by atoms with Gasteiger partial charge in [-0.2, -0.15) is 0 Å². The van der Waals surface area contributed by atoms with Crippen molar-refractivity contribution in [1.82, 2.24) is 5.32 Å². The molecule has 0 spiro atoms. The number of rotatable bonds is 5. The molecule has 26 heavy (non-hydrogen) atoms. The number of amides is 2. The second kappa shape index (κ2) is 7.51. The molecule has 136 valence electrons. The predicted octanol–water partition coefficient (Wildman–Crippen LogP) is 2.64. The molecule has 1 N–H and O–H groups in total. The van der Waals surface area contributed by atoms with Crippen molar-refractivity contribution in [3.63, 3.8) is 0 Å². The molecule has 1 fully saturated rings. The normalized spacial score (nSPS) is 16.7. The van der Waals surface area contributed by atoms with Gasteiger partial charge in [0.1, 0.15) is 17.4 Å². The zero-order chi connectivity index (χ0) is 18.7. The Hall–Kier alpha value is -2.96. The summed E-state index contributed by atoms with van der Waals surface area (Å²) in [7, 11) is 1.56. The Kier molecular flexibility index (Phi) is 5.16. The molecule has 1 atom stereocenters. The molecule has 0 radical (unpaired) electrons. The summed E-state index contributed by atoms with van der Waals surface area (Å²) in [5, 5.41) is 2.63. The number of nitrogens with one attached hydrogen (secondary N) is 1. The van der Waals surface area contributed by atoms with Gasteiger partial charge < -0.3 is 15.0 Å². The Morgan fingerprint density at radius 3 is 2.46 bits per heavy atom. The molecule has 3 rings (SSSR count). The average Bonchev–Trinajstić information content (AvgIpc) is 3.01. The average molecular weight is 360 g/mol. The van der Waals surface area contributed by atoms with E-state index in [1.807, 2.05) is 0 Å². The van der Waals surface area contributed by atoms with Crippen LogP contribution in [0.5, 0.6) is 5.75 Å². The van der Waals surface area contributed by atoms with E-state index in [1.54, 1.807) is 36.3 Å². The van der Waals surface area contributed by atoms with Crippen LogP contribution >= 0.6 is 0 Å². The first-order valence-corrected chi connectivity index (χ1v) is 8.13. The number of methoxy groups -OCH3 is 1. The molecule has 2 amide bonds. The maximum absolute atomic E-state index is 13.2. The minimum atomic E-state index is -0.698. The van der Waals surface area contributed by atoms with Gasteiger partial charge in [0.25, 0.3) is 0 Å². The van der Waals surface area contributed by atoms with Crippen molar-refractivity contribution < 1.29 is 23.1 Å². The lowest BCUT2D eigenvalue weighted by Crippen LogP contribution is -2.32. The van der Waals surface area contributed by atoms with E-state index in [4.69, 9.17) is 4.74 Å². The fraction of sp³-hybridized carbons (Fsp3) is 0.263. The van der Waals surface area contributed by atoms with E-state index in [0.29, 0.717) is 17.0 Å². The fourth-order valence-corrected chi connectivity index (χ4v) is 2.94. The van der Waals surface area contributed by atoms with Crippen LogP contribution in [0.25, 0.3) is 0 Å². The maximum atomic E-state index is 13.2. The highest BCUT2D eigenvalue weighted by atomic mass is 19.1.